The van der Waals surface area contributed by atoms with E-state index >= 15 is 0 Å². The topological polar surface area (TPSA) is 32.7 Å². The molecule has 1 saturated heterocycles. The molecule has 2 aromatic carbocycles. The van der Waals surface area contributed by atoms with Crippen molar-refractivity contribution in [2.24, 2.45) is 5.10 Å². The summed E-state index contributed by atoms with van der Waals surface area (Å²) < 4.78 is 0. The van der Waals surface area contributed by atoms with Crippen LogP contribution in [0.3, 0.4) is 0 Å². The minimum absolute atomic E-state index is 0.0244. The molecule has 1 atom stereocenters. The second-order valence-corrected chi connectivity index (χ2v) is 5.54. The lowest BCUT2D eigenvalue weighted by atomic mass is 10.2. The van der Waals surface area contributed by atoms with E-state index in [4.69, 9.17) is 0 Å². The zero-order valence-electron chi connectivity index (χ0n) is 10.8. The first kappa shape index (κ1) is 12.9. The molecule has 3 rings (SSSR count). The van der Waals surface area contributed by atoms with Crippen LogP contribution in [0.2, 0.25) is 0 Å². The Bertz CT molecular complexity index is 613. The highest BCUT2D eigenvalue weighted by Gasteiger charge is 2.32. The van der Waals surface area contributed by atoms with Crippen LogP contribution >= 0.6 is 11.8 Å². The molecule has 20 heavy (non-hydrogen) atoms. The molecule has 0 saturated carbocycles. The number of hydrogen-bond donors (Lipinski definition) is 0. The summed E-state index contributed by atoms with van der Waals surface area (Å²) >= 11 is 1.61. The van der Waals surface area contributed by atoms with Gasteiger partial charge in [0.15, 0.2) is 0 Å². The fourth-order valence-electron chi connectivity index (χ4n) is 2.07. The van der Waals surface area contributed by atoms with Crippen molar-refractivity contribution < 1.29 is 4.79 Å². The number of amides is 1. The average molecular weight is 282 g/mol. The maximum atomic E-state index is 12.0. The minimum Gasteiger partial charge on any atom is -0.272 e. The maximum Gasteiger partial charge on any atom is 0.254 e. The first-order valence-electron chi connectivity index (χ1n) is 6.42. The van der Waals surface area contributed by atoms with E-state index in [0.717, 1.165) is 11.1 Å². The third-order valence-electron chi connectivity index (χ3n) is 3.06. The molecule has 1 heterocycles. The number of nitrogens with zero attached hydrogens (tertiary/aromatic N) is 2. The Morgan fingerprint density at radius 1 is 1.05 bits per heavy atom. The number of hydrazone groups is 1. The molecule has 1 aliphatic rings. The molecule has 0 aromatic heterocycles. The summed E-state index contributed by atoms with van der Waals surface area (Å²) in [5.41, 5.74) is 2.09. The van der Waals surface area contributed by atoms with E-state index in [-0.39, 0.29) is 11.3 Å². The van der Waals surface area contributed by atoms with E-state index in [2.05, 4.69) is 5.10 Å². The third kappa shape index (κ3) is 2.75. The predicted octanol–water partition coefficient (Wildman–Crippen LogP) is 3.29. The van der Waals surface area contributed by atoms with Crippen molar-refractivity contribution in [2.45, 2.75) is 5.37 Å². The minimum atomic E-state index is -0.0244. The average Bonchev–Trinajstić information content (AvgIpc) is 2.88. The van der Waals surface area contributed by atoms with E-state index < -0.39 is 0 Å². The molecule has 0 unspecified atom stereocenters. The van der Waals surface area contributed by atoms with Gasteiger partial charge in [0.05, 0.1) is 12.0 Å². The van der Waals surface area contributed by atoms with Crippen LogP contribution in [0.4, 0.5) is 0 Å². The zero-order valence-corrected chi connectivity index (χ0v) is 11.7. The molecule has 4 heteroatoms. The van der Waals surface area contributed by atoms with Crippen LogP contribution in [0.1, 0.15) is 16.5 Å². The Morgan fingerprint density at radius 2 is 1.70 bits per heavy atom. The van der Waals surface area contributed by atoms with Crippen LogP contribution < -0.4 is 0 Å². The first-order valence-corrected chi connectivity index (χ1v) is 7.47. The van der Waals surface area contributed by atoms with E-state index in [1.54, 1.807) is 23.0 Å². The summed E-state index contributed by atoms with van der Waals surface area (Å²) in [5, 5.41) is 5.92. The third-order valence-corrected chi connectivity index (χ3v) is 4.26. The highest BCUT2D eigenvalue weighted by molar-refractivity contribution is 8.00. The molecule has 1 amide bonds. The van der Waals surface area contributed by atoms with Gasteiger partial charge in [0, 0.05) is 0 Å². The van der Waals surface area contributed by atoms with Gasteiger partial charge in [-0.15, -0.1) is 11.8 Å². The molecule has 0 radical (unpaired) electrons. The van der Waals surface area contributed by atoms with Crippen molar-refractivity contribution in [3.8, 4) is 0 Å². The highest BCUT2D eigenvalue weighted by Crippen LogP contribution is 2.38. The summed E-state index contributed by atoms with van der Waals surface area (Å²) in [6, 6.07) is 19.8. The van der Waals surface area contributed by atoms with Crippen molar-refractivity contribution in [1.29, 1.82) is 0 Å². The number of rotatable bonds is 3. The van der Waals surface area contributed by atoms with Gasteiger partial charge in [0.1, 0.15) is 5.37 Å². The van der Waals surface area contributed by atoms with Crippen LogP contribution in [0, 0.1) is 0 Å². The fourth-order valence-corrected chi connectivity index (χ4v) is 3.16. The molecule has 1 fully saturated rings. The van der Waals surface area contributed by atoms with Gasteiger partial charge < -0.3 is 0 Å². The van der Waals surface area contributed by atoms with Crippen LogP contribution in [0.5, 0.6) is 0 Å². The summed E-state index contributed by atoms with van der Waals surface area (Å²) in [7, 11) is 0. The molecule has 3 nitrogen and oxygen atoms in total. The van der Waals surface area contributed by atoms with Gasteiger partial charge in [0.2, 0.25) is 0 Å². The van der Waals surface area contributed by atoms with Crippen LogP contribution in [-0.2, 0) is 4.79 Å². The standard InChI is InChI=1S/C16H14N2OS/c19-15-12-20-16(14-9-5-2-6-10-14)18(15)17-11-13-7-3-1-4-8-13/h1-11,16H,12H2/b17-11-/t16-/m1/s1. The lowest BCUT2D eigenvalue weighted by Gasteiger charge is -2.18. The Kier molecular flexibility index (Phi) is 3.83. The predicted molar refractivity (Wildman–Crippen MR) is 82.5 cm³/mol. The van der Waals surface area contributed by atoms with Crippen molar-refractivity contribution in [2.75, 3.05) is 5.75 Å². The number of carbonyl (C=O) groups excluding carboxylic acids is 1. The lowest BCUT2D eigenvalue weighted by molar-refractivity contribution is -0.128. The van der Waals surface area contributed by atoms with Crippen LogP contribution in [-0.4, -0.2) is 22.9 Å². The maximum absolute atomic E-state index is 12.0. The molecule has 0 aliphatic carbocycles. The molecule has 0 bridgehead atoms. The molecule has 0 spiro atoms. The molecule has 1 aliphatic heterocycles. The van der Waals surface area contributed by atoms with Gasteiger partial charge in [-0.1, -0.05) is 60.7 Å². The zero-order chi connectivity index (χ0) is 13.8. The van der Waals surface area contributed by atoms with E-state index in [1.807, 2.05) is 60.7 Å². The molecule has 100 valence electrons. The number of thioether (sulfide) groups is 1. The second kappa shape index (κ2) is 5.92. The largest absolute Gasteiger partial charge is 0.272 e. The SMILES string of the molecule is O=C1CS[C@H](c2ccccc2)N1/N=C\c1ccccc1. The van der Waals surface area contributed by atoms with Gasteiger partial charge >= 0.3 is 0 Å². The number of benzene rings is 2. The van der Waals surface area contributed by atoms with E-state index in [9.17, 15) is 4.79 Å². The lowest BCUT2D eigenvalue weighted by Crippen LogP contribution is -2.22. The summed E-state index contributed by atoms with van der Waals surface area (Å²) in [6.07, 6.45) is 1.74. The normalized spacial score (nSPS) is 18.9. The van der Waals surface area contributed by atoms with E-state index in [1.165, 1.54) is 0 Å². The quantitative estimate of drug-likeness (QED) is 0.809. The molecular formula is C16H14N2OS. The Balaban J connectivity index is 1.83. The Hall–Kier alpha value is -2.07. The van der Waals surface area contributed by atoms with Crippen molar-refractivity contribution in [1.82, 2.24) is 5.01 Å². The van der Waals surface area contributed by atoms with Gasteiger partial charge in [-0.05, 0) is 11.1 Å². The Morgan fingerprint density at radius 3 is 2.40 bits per heavy atom. The van der Waals surface area contributed by atoms with E-state index in [0.29, 0.717) is 5.75 Å². The number of carbonyl (C=O) groups is 1. The molecule has 2 aromatic rings. The summed E-state index contributed by atoms with van der Waals surface area (Å²) in [5.74, 6) is 0.530. The van der Waals surface area contributed by atoms with Crippen molar-refractivity contribution in [3.05, 3.63) is 71.8 Å². The summed E-state index contributed by atoms with van der Waals surface area (Å²) in [4.78, 5) is 12.0. The monoisotopic (exact) mass is 282 g/mol. The van der Waals surface area contributed by atoms with Gasteiger partial charge in [0.25, 0.3) is 5.91 Å². The Labute approximate surface area is 122 Å². The first-order chi connectivity index (χ1) is 9.84. The smallest absolute Gasteiger partial charge is 0.254 e. The van der Waals surface area contributed by atoms with Crippen molar-refractivity contribution in [3.63, 3.8) is 0 Å². The second-order valence-electron chi connectivity index (χ2n) is 4.47. The highest BCUT2D eigenvalue weighted by atomic mass is 32.2. The van der Waals surface area contributed by atoms with Crippen molar-refractivity contribution >= 4 is 23.9 Å². The van der Waals surface area contributed by atoms with Gasteiger partial charge in [-0.25, -0.2) is 5.01 Å². The molecule has 0 N–H and O–H groups in total. The summed E-state index contributed by atoms with van der Waals surface area (Å²) in [6.45, 7) is 0. The fraction of sp³-hybridized carbons (Fsp3) is 0.125. The van der Waals surface area contributed by atoms with Crippen LogP contribution in [0.25, 0.3) is 0 Å². The van der Waals surface area contributed by atoms with Crippen LogP contribution in [0.15, 0.2) is 65.8 Å². The van der Waals surface area contributed by atoms with Gasteiger partial charge in [-0.3, -0.25) is 4.79 Å². The molecular weight excluding hydrogens is 268 g/mol. The number of hydrogen-bond acceptors (Lipinski definition) is 3. The van der Waals surface area contributed by atoms with Gasteiger partial charge in [-0.2, -0.15) is 5.10 Å².